The fourth-order valence-electron chi connectivity index (χ4n) is 3.88. The molecule has 25 heavy (non-hydrogen) atoms. The molecule has 1 aliphatic heterocycles. The van der Waals surface area contributed by atoms with E-state index >= 15 is 0 Å². The maximum absolute atomic E-state index is 12.5. The molecular formula is C21H29NO3. The summed E-state index contributed by atoms with van der Waals surface area (Å²) >= 11 is 0. The van der Waals surface area contributed by atoms with E-state index in [9.17, 15) is 14.7 Å². The van der Waals surface area contributed by atoms with Gasteiger partial charge in [-0.3, -0.25) is 9.59 Å². The summed E-state index contributed by atoms with van der Waals surface area (Å²) in [6.07, 6.45) is 3.41. The molecule has 1 aromatic carbocycles. The quantitative estimate of drug-likeness (QED) is 0.890. The molecule has 0 unspecified atom stereocenters. The molecule has 0 aromatic heterocycles. The van der Waals surface area contributed by atoms with Crippen LogP contribution in [-0.4, -0.2) is 35.0 Å². The number of aliphatic carboxylic acids is 1. The summed E-state index contributed by atoms with van der Waals surface area (Å²) in [6.45, 7) is 7.58. The van der Waals surface area contributed by atoms with Crippen LogP contribution < -0.4 is 0 Å². The lowest BCUT2D eigenvalue weighted by Crippen LogP contribution is -2.30. The molecule has 1 saturated carbocycles. The molecule has 1 N–H and O–H groups in total. The molecule has 1 amide bonds. The molecule has 136 valence electrons. The van der Waals surface area contributed by atoms with Gasteiger partial charge in [-0.2, -0.15) is 0 Å². The molecule has 1 aliphatic carbocycles. The average molecular weight is 343 g/mol. The highest BCUT2D eigenvalue weighted by atomic mass is 16.4. The van der Waals surface area contributed by atoms with Crippen LogP contribution in [0.2, 0.25) is 0 Å². The van der Waals surface area contributed by atoms with E-state index in [-0.39, 0.29) is 23.2 Å². The van der Waals surface area contributed by atoms with Crippen LogP contribution in [0.15, 0.2) is 24.3 Å². The van der Waals surface area contributed by atoms with Crippen LogP contribution in [0.3, 0.4) is 0 Å². The van der Waals surface area contributed by atoms with Gasteiger partial charge in [0.25, 0.3) is 0 Å². The number of aryl methyl sites for hydroxylation is 1. The maximum Gasteiger partial charge on any atom is 0.308 e. The Labute approximate surface area is 150 Å². The van der Waals surface area contributed by atoms with Crippen molar-refractivity contribution in [2.45, 2.75) is 51.9 Å². The predicted octanol–water partition coefficient (Wildman–Crippen LogP) is 3.49. The van der Waals surface area contributed by atoms with Crippen molar-refractivity contribution in [3.05, 3.63) is 35.4 Å². The number of hydrogen-bond acceptors (Lipinski definition) is 2. The van der Waals surface area contributed by atoms with E-state index in [2.05, 4.69) is 45.0 Å². The standard InChI is InChI=1S/C21H29NO3/c1-21(2,3)16-9-4-14(5-10-16)6-11-19(23)22-12-17(15-7-8-15)18(13-22)20(24)25/h4-5,9-10,15,17-18H,6-8,11-13H2,1-3H3,(H,24,25)/t17-,18+/m1/s1. The fraction of sp³-hybridized carbons (Fsp3) is 0.619. The Morgan fingerprint density at radius 1 is 1.12 bits per heavy atom. The van der Waals surface area contributed by atoms with Crippen LogP contribution in [0.25, 0.3) is 0 Å². The van der Waals surface area contributed by atoms with Gasteiger partial charge in [0.05, 0.1) is 5.92 Å². The number of benzene rings is 1. The van der Waals surface area contributed by atoms with Crippen molar-refractivity contribution in [3.63, 3.8) is 0 Å². The summed E-state index contributed by atoms with van der Waals surface area (Å²) in [6, 6.07) is 8.48. The first-order valence-electron chi connectivity index (χ1n) is 9.35. The number of carboxylic acids is 1. The smallest absolute Gasteiger partial charge is 0.308 e. The molecule has 2 atom stereocenters. The van der Waals surface area contributed by atoms with Gasteiger partial charge < -0.3 is 10.0 Å². The summed E-state index contributed by atoms with van der Waals surface area (Å²) in [5.74, 6) is -0.349. The molecular weight excluding hydrogens is 314 g/mol. The first kappa shape index (κ1) is 18.0. The second-order valence-electron chi connectivity index (χ2n) is 8.69. The zero-order valence-corrected chi connectivity index (χ0v) is 15.5. The van der Waals surface area contributed by atoms with Crippen molar-refractivity contribution < 1.29 is 14.7 Å². The highest BCUT2D eigenvalue weighted by Gasteiger charge is 2.46. The minimum absolute atomic E-state index is 0.0919. The molecule has 0 spiro atoms. The molecule has 1 heterocycles. The third-order valence-electron chi connectivity index (χ3n) is 5.71. The molecule has 2 aliphatic rings. The van der Waals surface area contributed by atoms with Gasteiger partial charge in [0, 0.05) is 19.5 Å². The fourth-order valence-corrected chi connectivity index (χ4v) is 3.88. The Balaban J connectivity index is 1.55. The van der Waals surface area contributed by atoms with Gasteiger partial charge in [-0.25, -0.2) is 0 Å². The van der Waals surface area contributed by atoms with Crippen molar-refractivity contribution in [1.82, 2.24) is 4.90 Å². The number of hydrogen-bond donors (Lipinski definition) is 1. The van der Waals surface area contributed by atoms with E-state index in [1.165, 1.54) is 5.56 Å². The summed E-state index contributed by atoms with van der Waals surface area (Å²) in [5, 5.41) is 9.42. The van der Waals surface area contributed by atoms with Crippen LogP contribution in [-0.2, 0) is 21.4 Å². The van der Waals surface area contributed by atoms with Crippen molar-refractivity contribution in [1.29, 1.82) is 0 Å². The van der Waals surface area contributed by atoms with Gasteiger partial charge in [-0.1, -0.05) is 45.0 Å². The minimum atomic E-state index is -0.745. The summed E-state index contributed by atoms with van der Waals surface area (Å²) < 4.78 is 0. The van der Waals surface area contributed by atoms with Crippen LogP contribution >= 0.6 is 0 Å². The molecule has 0 radical (unpaired) electrons. The van der Waals surface area contributed by atoms with Gasteiger partial charge >= 0.3 is 5.97 Å². The molecule has 3 rings (SSSR count). The number of likely N-dealkylation sites (tertiary alicyclic amines) is 1. The van der Waals surface area contributed by atoms with E-state index in [1.54, 1.807) is 4.90 Å². The molecule has 0 bridgehead atoms. The zero-order valence-electron chi connectivity index (χ0n) is 15.5. The predicted molar refractivity (Wildman–Crippen MR) is 97.4 cm³/mol. The van der Waals surface area contributed by atoms with E-state index in [0.717, 1.165) is 18.4 Å². The van der Waals surface area contributed by atoms with Gasteiger partial charge in [0.15, 0.2) is 0 Å². The Morgan fingerprint density at radius 2 is 1.76 bits per heavy atom. The van der Waals surface area contributed by atoms with E-state index < -0.39 is 5.97 Å². The molecule has 1 saturated heterocycles. The average Bonchev–Trinajstić information content (AvgIpc) is 3.30. The topological polar surface area (TPSA) is 57.6 Å². The summed E-state index contributed by atoms with van der Waals surface area (Å²) in [4.78, 5) is 25.8. The van der Waals surface area contributed by atoms with Crippen LogP contribution in [0.5, 0.6) is 0 Å². The molecule has 2 fully saturated rings. The normalized spacial score (nSPS) is 23.7. The number of carbonyl (C=O) groups is 2. The molecule has 1 aromatic rings. The third kappa shape index (κ3) is 4.23. The lowest BCUT2D eigenvalue weighted by molar-refractivity contribution is -0.142. The number of carboxylic acid groups (broad SMARTS) is 1. The number of carbonyl (C=O) groups excluding carboxylic acids is 1. The first-order valence-corrected chi connectivity index (χ1v) is 9.35. The summed E-state index contributed by atoms with van der Waals surface area (Å²) in [7, 11) is 0. The van der Waals surface area contributed by atoms with Crippen molar-refractivity contribution in [2.75, 3.05) is 13.1 Å². The molecule has 4 nitrogen and oxygen atoms in total. The second kappa shape index (κ2) is 6.81. The van der Waals surface area contributed by atoms with Gasteiger partial charge in [-0.15, -0.1) is 0 Å². The van der Waals surface area contributed by atoms with Crippen LogP contribution in [0, 0.1) is 17.8 Å². The Hall–Kier alpha value is -1.84. The lowest BCUT2D eigenvalue weighted by atomic mass is 9.86. The third-order valence-corrected chi connectivity index (χ3v) is 5.71. The Kier molecular flexibility index (Phi) is 4.90. The van der Waals surface area contributed by atoms with Crippen LogP contribution in [0.4, 0.5) is 0 Å². The summed E-state index contributed by atoms with van der Waals surface area (Å²) in [5.41, 5.74) is 2.58. The minimum Gasteiger partial charge on any atom is -0.481 e. The van der Waals surface area contributed by atoms with Crippen molar-refractivity contribution >= 4 is 11.9 Å². The lowest BCUT2D eigenvalue weighted by Gasteiger charge is -2.19. The largest absolute Gasteiger partial charge is 0.481 e. The maximum atomic E-state index is 12.5. The zero-order chi connectivity index (χ0) is 18.2. The van der Waals surface area contributed by atoms with E-state index in [0.29, 0.717) is 31.8 Å². The van der Waals surface area contributed by atoms with Gasteiger partial charge in [0.2, 0.25) is 5.91 Å². The van der Waals surface area contributed by atoms with Crippen LogP contribution in [0.1, 0.15) is 51.2 Å². The highest BCUT2D eigenvalue weighted by molar-refractivity contribution is 5.79. The van der Waals surface area contributed by atoms with Gasteiger partial charge in [-0.05, 0) is 47.6 Å². The molecule has 4 heteroatoms. The highest BCUT2D eigenvalue weighted by Crippen LogP contribution is 2.44. The monoisotopic (exact) mass is 343 g/mol. The number of nitrogens with zero attached hydrogens (tertiary/aromatic N) is 1. The van der Waals surface area contributed by atoms with Crippen molar-refractivity contribution in [2.24, 2.45) is 17.8 Å². The SMILES string of the molecule is CC(C)(C)c1ccc(CCC(=O)N2C[C@H](C(=O)O)[C@@H](C3CC3)C2)cc1. The van der Waals surface area contributed by atoms with E-state index in [4.69, 9.17) is 0 Å². The Morgan fingerprint density at radius 3 is 2.28 bits per heavy atom. The number of rotatable bonds is 5. The first-order chi connectivity index (χ1) is 11.8. The second-order valence-corrected chi connectivity index (χ2v) is 8.69. The van der Waals surface area contributed by atoms with Crippen molar-refractivity contribution in [3.8, 4) is 0 Å². The van der Waals surface area contributed by atoms with Gasteiger partial charge in [0.1, 0.15) is 0 Å². The Bertz CT molecular complexity index is 640. The van der Waals surface area contributed by atoms with E-state index in [1.807, 2.05) is 0 Å². The number of amides is 1.